The Labute approximate surface area is 147 Å². The number of benzene rings is 1. The van der Waals surface area contributed by atoms with Crippen LogP contribution in [0.5, 0.6) is 0 Å². The molecule has 0 bridgehead atoms. The number of hydrogen-bond donors (Lipinski definition) is 0. The highest BCUT2D eigenvalue weighted by Crippen LogP contribution is 2.39. The van der Waals surface area contributed by atoms with Crippen molar-refractivity contribution in [1.82, 2.24) is 9.21 Å². The molecule has 1 saturated heterocycles. The molecular weight excluding hydrogens is 340 g/mol. The number of likely N-dealkylation sites (tertiary alicyclic amines) is 1. The third-order valence-electron chi connectivity index (χ3n) is 5.46. The maximum Gasteiger partial charge on any atom is 0.269 e. The molecule has 0 unspecified atom stereocenters. The van der Waals surface area contributed by atoms with Crippen LogP contribution in [0.1, 0.15) is 59.7 Å². The average Bonchev–Trinajstić information content (AvgIpc) is 3.42. The zero-order chi connectivity index (χ0) is 17.8. The van der Waals surface area contributed by atoms with Crippen LogP contribution in [0, 0.1) is 5.92 Å². The molecule has 1 atom stereocenters. The Balaban J connectivity index is 1.65. The summed E-state index contributed by atoms with van der Waals surface area (Å²) >= 11 is 0. The highest BCUT2D eigenvalue weighted by Gasteiger charge is 2.48. The molecule has 1 aromatic rings. The lowest BCUT2D eigenvalue weighted by Gasteiger charge is -2.32. The Morgan fingerprint density at radius 3 is 2.68 bits per heavy atom. The fourth-order valence-corrected chi connectivity index (χ4v) is 5.66. The molecule has 3 aliphatic rings. The van der Waals surface area contributed by atoms with Gasteiger partial charge in [-0.15, -0.1) is 0 Å². The van der Waals surface area contributed by atoms with Gasteiger partial charge in [-0.25, -0.2) is 12.7 Å². The predicted molar refractivity (Wildman–Crippen MR) is 91.7 cm³/mol. The van der Waals surface area contributed by atoms with Crippen LogP contribution in [0.3, 0.4) is 0 Å². The molecule has 7 heteroatoms. The molecule has 134 valence electrons. The standard InChI is InChI=1S/C18H22N2O4S/c1-2-12-4-3-9-19(11-12)17(21)13-5-8-15-16(10-13)25(23,24)20(18(15)22)14-6-7-14/h5,8,10,12,14H,2-4,6-7,9,11H2,1H3/t12-/m0/s1. The quantitative estimate of drug-likeness (QED) is 0.827. The highest BCUT2D eigenvalue weighted by atomic mass is 32.2. The van der Waals surface area contributed by atoms with Gasteiger partial charge in [0.25, 0.3) is 21.8 Å². The zero-order valence-corrected chi connectivity index (χ0v) is 15.1. The summed E-state index contributed by atoms with van der Waals surface area (Å²) in [4.78, 5) is 27.0. The minimum Gasteiger partial charge on any atom is -0.338 e. The third kappa shape index (κ3) is 2.65. The Morgan fingerprint density at radius 1 is 1.24 bits per heavy atom. The molecule has 0 aromatic heterocycles. The largest absolute Gasteiger partial charge is 0.338 e. The first-order valence-corrected chi connectivity index (χ1v) is 10.4. The van der Waals surface area contributed by atoms with E-state index >= 15 is 0 Å². The van der Waals surface area contributed by atoms with E-state index in [4.69, 9.17) is 0 Å². The van der Waals surface area contributed by atoms with Gasteiger partial charge in [0.05, 0.1) is 5.56 Å². The summed E-state index contributed by atoms with van der Waals surface area (Å²) in [6.45, 7) is 3.54. The Hall–Kier alpha value is -1.89. The van der Waals surface area contributed by atoms with Crippen LogP contribution in [-0.2, 0) is 10.0 Å². The number of sulfonamides is 1. The van der Waals surface area contributed by atoms with Crippen molar-refractivity contribution >= 4 is 21.8 Å². The summed E-state index contributed by atoms with van der Waals surface area (Å²) in [5, 5.41) is 0. The van der Waals surface area contributed by atoms with Crippen molar-refractivity contribution in [3.8, 4) is 0 Å². The lowest BCUT2D eigenvalue weighted by atomic mass is 9.95. The maximum atomic E-state index is 12.8. The van der Waals surface area contributed by atoms with Crippen molar-refractivity contribution in [3.05, 3.63) is 29.3 Å². The molecule has 25 heavy (non-hydrogen) atoms. The second-order valence-electron chi connectivity index (χ2n) is 7.22. The Kier molecular flexibility index (Phi) is 3.86. The minimum atomic E-state index is -3.82. The van der Waals surface area contributed by atoms with Gasteiger partial charge in [-0.3, -0.25) is 9.59 Å². The van der Waals surface area contributed by atoms with E-state index in [1.807, 2.05) is 0 Å². The van der Waals surface area contributed by atoms with Gasteiger partial charge in [0, 0.05) is 24.7 Å². The fraction of sp³-hybridized carbons (Fsp3) is 0.556. The van der Waals surface area contributed by atoms with E-state index in [-0.39, 0.29) is 22.4 Å². The normalized spacial score (nSPS) is 25.2. The summed E-state index contributed by atoms with van der Waals surface area (Å²) < 4.78 is 26.4. The van der Waals surface area contributed by atoms with E-state index in [9.17, 15) is 18.0 Å². The van der Waals surface area contributed by atoms with Crippen molar-refractivity contribution in [2.24, 2.45) is 5.92 Å². The van der Waals surface area contributed by atoms with Gasteiger partial charge in [0.1, 0.15) is 4.90 Å². The second-order valence-corrected chi connectivity index (χ2v) is 9.00. The van der Waals surface area contributed by atoms with Crippen molar-refractivity contribution in [2.45, 2.75) is 50.0 Å². The van der Waals surface area contributed by atoms with Gasteiger partial charge in [0.2, 0.25) is 0 Å². The number of hydrogen-bond acceptors (Lipinski definition) is 4. The Bertz CT molecular complexity index is 845. The summed E-state index contributed by atoms with van der Waals surface area (Å²) in [6.07, 6.45) is 4.58. The van der Waals surface area contributed by atoms with E-state index in [0.29, 0.717) is 24.6 Å². The molecule has 2 heterocycles. The lowest BCUT2D eigenvalue weighted by molar-refractivity contribution is 0.0670. The molecule has 1 aromatic carbocycles. The lowest BCUT2D eigenvalue weighted by Crippen LogP contribution is -2.39. The highest BCUT2D eigenvalue weighted by molar-refractivity contribution is 7.90. The van der Waals surface area contributed by atoms with E-state index in [2.05, 4.69) is 6.92 Å². The molecule has 0 radical (unpaired) electrons. The second kappa shape index (κ2) is 5.83. The first-order valence-electron chi connectivity index (χ1n) is 8.95. The van der Waals surface area contributed by atoms with Crippen LogP contribution >= 0.6 is 0 Å². The van der Waals surface area contributed by atoms with Crippen LogP contribution < -0.4 is 0 Å². The number of amides is 2. The molecule has 2 fully saturated rings. The maximum absolute atomic E-state index is 12.8. The molecule has 0 spiro atoms. The van der Waals surface area contributed by atoms with E-state index in [0.717, 1.165) is 36.4 Å². The third-order valence-corrected chi connectivity index (χ3v) is 7.33. The predicted octanol–water partition coefficient (Wildman–Crippen LogP) is 2.26. The minimum absolute atomic E-state index is 0.0145. The van der Waals surface area contributed by atoms with Gasteiger partial charge >= 0.3 is 0 Å². The molecule has 4 rings (SSSR count). The summed E-state index contributed by atoms with van der Waals surface area (Å²) in [6, 6.07) is 4.26. The number of carbonyl (C=O) groups is 2. The Morgan fingerprint density at radius 2 is 2.00 bits per heavy atom. The monoisotopic (exact) mass is 362 g/mol. The average molecular weight is 362 g/mol. The fourth-order valence-electron chi connectivity index (χ4n) is 3.82. The van der Waals surface area contributed by atoms with Crippen LogP contribution in [0.4, 0.5) is 0 Å². The first-order chi connectivity index (χ1) is 11.9. The van der Waals surface area contributed by atoms with Gasteiger partial charge in [-0.05, 0) is 49.8 Å². The number of fused-ring (bicyclic) bond motifs is 1. The van der Waals surface area contributed by atoms with Crippen molar-refractivity contribution in [3.63, 3.8) is 0 Å². The van der Waals surface area contributed by atoms with Crippen LogP contribution in [0.2, 0.25) is 0 Å². The summed E-state index contributed by atoms with van der Waals surface area (Å²) in [5.74, 6) is -0.100. The zero-order valence-electron chi connectivity index (χ0n) is 14.3. The number of carbonyl (C=O) groups excluding carboxylic acids is 2. The van der Waals surface area contributed by atoms with Gasteiger partial charge in [-0.2, -0.15) is 0 Å². The SMILES string of the molecule is CC[C@H]1CCCN(C(=O)c2ccc3c(c2)S(=O)(=O)N(C2CC2)C3=O)C1. The topological polar surface area (TPSA) is 74.8 Å². The van der Waals surface area contributed by atoms with Crippen molar-refractivity contribution in [1.29, 1.82) is 0 Å². The number of rotatable bonds is 3. The smallest absolute Gasteiger partial charge is 0.269 e. The first kappa shape index (κ1) is 16.6. The molecule has 1 aliphatic carbocycles. The summed E-state index contributed by atoms with van der Waals surface area (Å²) in [7, 11) is -3.82. The number of nitrogens with zero attached hydrogens (tertiary/aromatic N) is 2. The van der Waals surface area contributed by atoms with Crippen molar-refractivity contribution < 1.29 is 18.0 Å². The van der Waals surface area contributed by atoms with Gasteiger partial charge < -0.3 is 4.90 Å². The molecule has 2 aliphatic heterocycles. The van der Waals surface area contributed by atoms with E-state index < -0.39 is 15.9 Å². The van der Waals surface area contributed by atoms with Crippen LogP contribution in [0.25, 0.3) is 0 Å². The summed E-state index contributed by atoms with van der Waals surface area (Å²) in [5.41, 5.74) is 0.540. The van der Waals surface area contributed by atoms with Crippen molar-refractivity contribution in [2.75, 3.05) is 13.1 Å². The van der Waals surface area contributed by atoms with Gasteiger partial charge in [0.15, 0.2) is 0 Å². The molecule has 1 saturated carbocycles. The van der Waals surface area contributed by atoms with Crippen LogP contribution in [0.15, 0.2) is 23.1 Å². The van der Waals surface area contributed by atoms with Crippen LogP contribution in [-0.4, -0.2) is 48.6 Å². The number of piperidine rings is 1. The van der Waals surface area contributed by atoms with E-state index in [1.165, 1.54) is 12.1 Å². The molecule has 2 amide bonds. The molecular formula is C18H22N2O4S. The van der Waals surface area contributed by atoms with Gasteiger partial charge in [-0.1, -0.05) is 13.3 Å². The molecule has 6 nitrogen and oxygen atoms in total. The van der Waals surface area contributed by atoms with E-state index in [1.54, 1.807) is 11.0 Å². The molecule has 0 N–H and O–H groups in total.